The van der Waals surface area contributed by atoms with Gasteiger partial charge in [-0.15, -0.1) is 0 Å². The molecule has 0 amide bonds. The van der Waals surface area contributed by atoms with Crippen LogP contribution in [0.25, 0.3) is 0 Å². The maximum Gasteiger partial charge on any atom is 0.329 e. The van der Waals surface area contributed by atoms with Gasteiger partial charge in [0, 0.05) is 11.4 Å². The number of hydrogen-bond acceptors (Lipinski definition) is 2. The van der Waals surface area contributed by atoms with Crippen molar-refractivity contribution in [3.63, 3.8) is 0 Å². The Morgan fingerprint density at radius 3 is 2.25 bits per heavy atom. The number of rotatable bonds is 3. The van der Waals surface area contributed by atoms with Crippen LogP contribution in [-0.2, 0) is 10.5 Å². The lowest BCUT2D eigenvalue weighted by molar-refractivity contribution is -0.00475. The van der Waals surface area contributed by atoms with Crippen LogP contribution >= 0.6 is 7.14 Å². The topological polar surface area (TPSA) is 37.3 Å². The largest absolute Gasteiger partial charge is 0.506 e. The van der Waals surface area contributed by atoms with E-state index in [-0.39, 0.29) is 5.56 Å². The third kappa shape index (κ3) is 3.17. The number of hydrogen-bond donors (Lipinski definition) is 1. The van der Waals surface area contributed by atoms with Gasteiger partial charge in [-0.3, -0.25) is 0 Å². The molecule has 0 aliphatic carbocycles. The molecule has 0 fully saturated rings. The Hall–Kier alpha value is -1.15. The molecule has 1 aromatic rings. The van der Waals surface area contributed by atoms with E-state index in [9.17, 15) is 18.5 Å². The maximum atomic E-state index is 13.6. The Kier molecular flexibility index (Phi) is 3.54. The zero-order valence-electron chi connectivity index (χ0n) is 9.02. The predicted molar refractivity (Wildman–Crippen MR) is 60.5 cm³/mol. The lowest BCUT2D eigenvalue weighted by atomic mass is 10.1. The van der Waals surface area contributed by atoms with Crippen molar-refractivity contribution in [2.24, 2.45) is 0 Å². The van der Waals surface area contributed by atoms with E-state index in [1.54, 1.807) is 6.07 Å². The van der Waals surface area contributed by atoms with Gasteiger partial charge in [-0.05, 0) is 13.3 Å². The molecule has 1 rings (SSSR count). The van der Waals surface area contributed by atoms with Crippen LogP contribution in [0.4, 0.5) is 8.78 Å². The van der Waals surface area contributed by atoms with Crippen LogP contribution < -0.4 is 0 Å². The van der Waals surface area contributed by atoms with Gasteiger partial charge in [0.25, 0.3) is 0 Å². The molecule has 0 aliphatic heterocycles. The molecule has 1 N–H and O–H groups in total. The van der Waals surface area contributed by atoms with Crippen molar-refractivity contribution < 1.29 is 18.5 Å². The molecule has 0 aliphatic rings. The van der Waals surface area contributed by atoms with E-state index in [2.05, 4.69) is 0 Å². The molecule has 0 unspecified atom stereocenters. The summed E-state index contributed by atoms with van der Waals surface area (Å²) >= 11 is 0. The van der Waals surface area contributed by atoms with E-state index in [0.717, 1.165) is 5.82 Å². The lowest BCUT2D eigenvalue weighted by Crippen LogP contribution is -2.16. The normalized spacial score (nSPS) is 13.9. The summed E-state index contributed by atoms with van der Waals surface area (Å²) in [5.41, 5.74) is -0.322. The lowest BCUT2D eigenvalue weighted by Gasteiger charge is -2.16. The van der Waals surface area contributed by atoms with E-state index < -0.39 is 18.8 Å². The van der Waals surface area contributed by atoms with Gasteiger partial charge in [0.05, 0.1) is 0 Å². The molecule has 0 spiro atoms. The minimum absolute atomic E-state index is 0.322. The second kappa shape index (κ2) is 4.38. The quantitative estimate of drug-likeness (QED) is 0.650. The van der Waals surface area contributed by atoms with Crippen molar-refractivity contribution in [1.29, 1.82) is 0 Å². The van der Waals surface area contributed by atoms with E-state index in [4.69, 9.17) is 0 Å². The molecule has 88 valence electrons. The molecule has 16 heavy (non-hydrogen) atoms. The first-order valence-electron chi connectivity index (χ1n) is 4.64. The third-order valence-electron chi connectivity index (χ3n) is 1.89. The molecule has 0 heterocycles. The van der Waals surface area contributed by atoms with Crippen LogP contribution in [0.1, 0.15) is 5.56 Å². The van der Waals surface area contributed by atoms with Crippen LogP contribution in [0.15, 0.2) is 41.9 Å². The van der Waals surface area contributed by atoms with E-state index in [1.165, 1.54) is 37.6 Å². The summed E-state index contributed by atoms with van der Waals surface area (Å²) in [5, 5.41) is 9.30. The fraction of sp³-hybridized carbons (Fsp3) is 0.273. The van der Waals surface area contributed by atoms with Crippen LogP contribution in [0.3, 0.4) is 0 Å². The second-order valence-electron chi connectivity index (χ2n) is 3.89. The van der Waals surface area contributed by atoms with Crippen LogP contribution in [0, 0.1) is 0 Å². The highest BCUT2D eigenvalue weighted by atomic mass is 31.2. The third-order valence-corrected chi connectivity index (χ3v) is 2.76. The van der Waals surface area contributed by atoms with Gasteiger partial charge >= 0.3 is 5.92 Å². The fourth-order valence-electron chi connectivity index (χ4n) is 1.17. The van der Waals surface area contributed by atoms with Gasteiger partial charge in [0.15, 0.2) is 5.76 Å². The Labute approximate surface area is 93.0 Å². The van der Waals surface area contributed by atoms with Crippen LogP contribution in [0.2, 0.25) is 0 Å². The van der Waals surface area contributed by atoms with Crippen molar-refractivity contribution in [2.45, 2.75) is 5.92 Å². The van der Waals surface area contributed by atoms with E-state index >= 15 is 0 Å². The molecule has 0 bridgehead atoms. The molecule has 0 saturated carbocycles. The van der Waals surface area contributed by atoms with Crippen molar-refractivity contribution in [2.75, 3.05) is 13.3 Å². The number of halogens is 2. The minimum Gasteiger partial charge on any atom is -0.506 e. The second-order valence-corrected chi connectivity index (χ2v) is 7.02. The number of benzene rings is 1. The van der Waals surface area contributed by atoms with Gasteiger partial charge in [0.2, 0.25) is 0 Å². The zero-order chi connectivity index (χ0) is 12.4. The van der Waals surface area contributed by atoms with Crippen molar-refractivity contribution >= 4 is 7.14 Å². The molecule has 2 nitrogen and oxygen atoms in total. The maximum absolute atomic E-state index is 13.6. The summed E-state index contributed by atoms with van der Waals surface area (Å²) in [6.45, 7) is 2.62. The monoisotopic (exact) mass is 246 g/mol. The first-order valence-corrected chi connectivity index (χ1v) is 7.31. The first kappa shape index (κ1) is 12.9. The molecular formula is C11H13F2O2P. The molecule has 0 saturated heterocycles. The van der Waals surface area contributed by atoms with Crippen LogP contribution in [0.5, 0.6) is 0 Å². The summed E-state index contributed by atoms with van der Waals surface area (Å²) < 4.78 is 38.6. The van der Waals surface area contributed by atoms with Crippen molar-refractivity contribution in [3.8, 4) is 0 Å². The minimum atomic E-state index is -3.50. The molecule has 5 heteroatoms. The Balaban J connectivity index is 3.13. The number of allylic oxidation sites excluding steroid dienone is 1. The highest BCUT2D eigenvalue weighted by molar-refractivity contribution is 7.65. The number of alkyl halides is 2. The van der Waals surface area contributed by atoms with Crippen molar-refractivity contribution in [3.05, 3.63) is 47.5 Å². The summed E-state index contributed by atoms with van der Waals surface area (Å²) in [4.78, 5) is 0. The van der Waals surface area contributed by atoms with Gasteiger partial charge in [-0.1, -0.05) is 30.3 Å². The number of aliphatic hydroxyl groups is 1. The van der Waals surface area contributed by atoms with Crippen molar-refractivity contribution in [1.82, 2.24) is 0 Å². The SMILES string of the molecule is CP(C)(=O)/C=C(\O)C(F)(F)c1ccccc1. The van der Waals surface area contributed by atoms with Gasteiger partial charge in [-0.25, -0.2) is 0 Å². The summed E-state index contributed by atoms with van der Waals surface area (Å²) in [7, 11) is -2.83. The standard InChI is InChI=1S/C11H13F2O2P/c1-16(2,15)8-10(14)11(12,13)9-6-4-3-5-7-9/h3-8,14H,1-2H3/b10-8-. The Morgan fingerprint density at radius 1 is 1.31 bits per heavy atom. The molecule has 0 radical (unpaired) electrons. The highest BCUT2D eigenvalue weighted by Gasteiger charge is 2.37. The first-order chi connectivity index (χ1) is 7.23. The number of aliphatic hydroxyl groups excluding tert-OH is 1. The Morgan fingerprint density at radius 2 is 1.81 bits per heavy atom. The van der Waals surface area contributed by atoms with Gasteiger partial charge in [0.1, 0.15) is 7.14 Å². The predicted octanol–water partition coefficient (Wildman–Crippen LogP) is 3.80. The van der Waals surface area contributed by atoms with Gasteiger partial charge in [-0.2, -0.15) is 8.78 Å². The molecular weight excluding hydrogens is 233 g/mol. The average Bonchev–Trinajstić information content (AvgIpc) is 2.16. The zero-order valence-corrected chi connectivity index (χ0v) is 9.92. The summed E-state index contributed by atoms with van der Waals surface area (Å²) in [6.07, 6.45) is 0. The highest BCUT2D eigenvalue weighted by Crippen LogP contribution is 2.44. The smallest absolute Gasteiger partial charge is 0.329 e. The average molecular weight is 246 g/mol. The molecule has 0 aromatic heterocycles. The summed E-state index contributed by atoms with van der Waals surface area (Å²) in [6, 6.07) is 6.92. The Bertz CT molecular complexity index is 435. The fourth-order valence-corrected chi connectivity index (χ4v) is 1.92. The summed E-state index contributed by atoms with van der Waals surface area (Å²) in [5.74, 6) is -3.92. The molecule has 1 aromatic carbocycles. The van der Waals surface area contributed by atoms with Gasteiger partial charge < -0.3 is 9.67 Å². The van der Waals surface area contributed by atoms with E-state index in [0.29, 0.717) is 0 Å². The van der Waals surface area contributed by atoms with E-state index in [1.807, 2.05) is 0 Å². The molecule has 0 atom stereocenters. The van der Waals surface area contributed by atoms with Crippen LogP contribution in [-0.4, -0.2) is 18.4 Å².